The molecule has 2 rings (SSSR count). The third-order valence-electron chi connectivity index (χ3n) is 3.13. The van der Waals surface area contributed by atoms with Gasteiger partial charge in [-0.1, -0.05) is 26.0 Å². The third kappa shape index (κ3) is 3.75. The minimum Gasteiger partial charge on any atom is -0.450 e. The number of hydrogen-bond donors (Lipinski definition) is 3. The third-order valence-corrected chi connectivity index (χ3v) is 3.13. The van der Waals surface area contributed by atoms with Crippen LogP contribution in [0.25, 0.3) is 11.0 Å². The molecule has 3 N–H and O–H groups in total. The van der Waals surface area contributed by atoms with Crippen LogP contribution in [-0.2, 0) is 9.53 Å². The Morgan fingerprint density at radius 2 is 2.05 bits per heavy atom. The first-order chi connectivity index (χ1) is 10.5. The second-order valence-electron chi connectivity index (χ2n) is 5.18. The summed E-state index contributed by atoms with van der Waals surface area (Å²) in [5, 5.41) is 5.24. The Morgan fingerprint density at radius 1 is 1.32 bits per heavy atom. The van der Waals surface area contributed by atoms with Gasteiger partial charge in [-0.3, -0.25) is 10.1 Å². The molecular weight excluding hydrogens is 284 g/mol. The molecule has 2 amide bonds. The lowest BCUT2D eigenvalue weighted by molar-refractivity contribution is -0.119. The van der Waals surface area contributed by atoms with Gasteiger partial charge in [0.1, 0.15) is 6.04 Å². The van der Waals surface area contributed by atoms with Gasteiger partial charge in [-0.05, 0) is 25.0 Å². The van der Waals surface area contributed by atoms with Gasteiger partial charge in [0.05, 0.1) is 17.6 Å². The number of H-pyrrole nitrogens is 1. The van der Waals surface area contributed by atoms with Crippen LogP contribution in [-0.4, -0.2) is 34.6 Å². The number of nitrogens with zero attached hydrogens (tertiary/aromatic N) is 1. The second-order valence-corrected chi connectivity index (χ2v) is 5.18. The number of aromatic amines is 1. The first kappa shape index (κ1) is 15.8. The summed E-state index contributed by atoms with van der Waals surface area (Å²) in [5.74, 6) is -0.0848. The SMILES string of the molecule is CCOC(=O)NC(C(=O)Nc1nc2ccccc2[nH]1)C(C)C. The summed E-state index contributed by atoms with van der Waals surface area (Å²) in [7, 11) is 0. The number of nitrogens with one attached hydrogen (secondary N) is 3. The molecule has 1 heterocycles. The molecule has 0 saturated heterocycles. The minimum atomic E-state index is -0.702. The number of alkyl carbamates (subject to hydrolysis) is 1. The van der Waals surface area contributed by atoms with Gasteiger partial charge in [0.25, 0.3) is 0 Å². The van der Waals surface area contributed by atoms with Crippen LogP contribution in [0.3, 0.4) is 0 Å². The maximum absolute atomic E-state index is 12.3. The quantitative estimate of drug-likeness (QED) is 0.789. The zero-order valence-electron chi connectivity index (χ0n) is 12.8. The number of rotatable bonds is 5. The van der Waals surface area contributed by atoms with Crippen LogP contribution in [0.1, 0.15) is 20.8 Å². The second kappa shape index (κ2) is 6.93. The number of ether oxygens (including phenoxy) is 1. The Morgan fingerprint density at radius 3 is 2.68 bits per heavy atom. The molecule has 22 heavy (non-hydrogen) atoms. The molecule has 1 aromatic heterocycles. The topological polar surface area (TPSA) is 96.1 Å². The number of carbonyl (C=O) groups excluding carboxylic acids is 2. The van der Waals surface area contributed by atoms with Crippen molar-refractivity contribution < 1.29 is 14.3 Å². The maximum atomic E-state index is 12.3. The Hall–Kier alpha value is -2.57. The summed E-state index contributed by atoms with van der Waals surface area (Å²) >= 11 is 0. The molecule has 0 radical (unpaired) electrons. The number of imidazole rings is 1. The van der Waals surface area contributed by atoms with E-state index in [1.807, 2.05) is 38.1 Å². The molecule has 1 aromatic carbocycles. The lowest BCUT2D eigenvalue weighted by atomic mass is 10.0. The van der Waals surface area contributed by atoms with Crippen molar-refractivity contribution in [1.82, 2.24) is 15.3 Å². The van der Waals surface area contributed by atoms with E-state index in [9.17, 15) is 9.59 Å². The molecule has 0 fully saturated rings. The fourth-order valence-electron chi connectivity index (χ4n) is 2.04. The van der Waals surface area contributed by atoms with Gasteiger partial charge >= 0.3 is 6.09 Å². The highest BCUT2D eigenvalue weighted by atomic mass is 16.5. The fourth-order valence-corrected chi connectivity index (χ4v) is 2.04. The van der Waals surface area contributed by atoms with Crippen molar-refractivity contribution in [3.05, 3.63) is 24.3 Å². The average molecular weight is 304 g/mol. The van der Waals surface area contributed by atoms with Crippen LogP contribution in [0.5, 0.6) is 0 Å². The van der Waals surface area contributed by atoms with E-state index in [-0.39, 0.29) is 18.4 Å². The van der Waals surface area contributed by atoms with E-state index in [0.717, 1.165) is 11.0 Å². The molecule has 1 unspecified atom stereocenters. The number of anilines is 1. The Balaban J connectivity index is 2.08. The van der Waals surface area contributed by atoms with E-state index in [4.69, 9.17) is 4.74 Å². The van der Waals surface area contributed by atoms with Gasteiger partial charge in [0, 0.05) is 0 Å². The Bertz CT molecular complexity index is 633. The van der Waals surface area contributed by atoms with Crippen LogP contribution in [0.4, 0.5) is 10.7 Å². The minimum absolute atomic E-state index is 0.0891. The molecular formula is C15H20N4O3. The maximum Gasteiger partial charge on any atom is 0.407 e. The highest BCUT2D eigenvalue weighted by molar-refractivity contribution is 5.96. The highest BCUT2D eigenvalue weighted by Gasteiger charge is 2.25. The molecule has 0 aliphatic carbocycles. The van der Waals surface area contributed by atoms with Gasteiger partial charge in [0.15, 0.2) is 0 Å². The van der Waals surface area contributed by atoms with Crippen LogP contribution in [0, 0.1) is 5.92 Å². The van der Waals surface area contributed by atoms with Gasteiger partial charge in [0.2, 0.25) is 11.9 Å². The van der Waals surface area contributed by atoms with Crippen molar-refractivity contribution in [3.8, 4) is 0 Å². The van der Waals surface area contributed by atoms with Gasteiger partial charge < -0.3 is 15.0 Å². The largest absolute Gasteiger partial charge is 0.450 e. The van der Waals surface area contributed by atoms with E-state index in [1.165, 1.54) is 0 Å². The molecule has 0 aliphatic rings. The predicted molar refractivity (Wildman–Crippen MR) is 83.5 cm³/mol. The number of hydrogen-bond acceptors (Lipinski definition) is 4. The first-order valence-electron chi connectivity index (χ1n) is 7.20. The van der Waals surface area contributed by atoms with Crippen molar-refractivity contribution in [1.29, 1.82) is 0 Å². The smallest absolute Gasteiger partial charge is 0.407 e. The van der Waals surface area contributed by atoms with Crippen molar-refractivity contribution in [2.45, 2.75) is 26.8 Å². The van der Waals surface area contributed by atoms with E-state index < -0.39 is 12.1 Å². The van der Waals surface area contributed by atoms with Crippen LogP contribution < -0.4 is 10.6 Å². The summed E-state index contributed by atoms with van der Waals surface area (Å²) in [6.45, 7) is 5.64. The number of para-hydroxylation sites is 2. The summed E-state index contributed by atoms with van der Waals surface area (Å²) in [4.78, 5) is 31.1. The van der Waals surface area contributed by atoms with Crippen molar-refractivity contribution in [2.75, 3.05) is 11.9 Å². The summed E-state index contributed by atoms with van der Waals surface area (Å²) < 4.78 is 4.82. The van der Waals surface area contributed by atoms with Gasteiger partial charge in [-0.25, -0.2) is 9.78 Å². The van der Waals surface area contributed by atoms with Crippen molar-refractivity contribution >= 4 is 29.0 Å². The van der Waals surface area contributed by atoms with E-state index >= 15 is 0 Å². The zero-order valence-corrected chi connectivity index (χ0v) is 12.8. The molecule has 0 bridgehead atoms. The molecule has 7 nitrogen and oxygen atoms in total. The summed E-state index contributed by atoms with van der Waals surface area (Å²) in [6, 6.07) is 6.76. The van der Waals surface area contributed by atoms with E-state index in [1.54, 1.807) is 6.92 Å². The number of benzene rings is 1. The lowest BCUT2D eigenvalue weighted by Crippen LogP contribution is -2.47. The Labute approximate surface area is 128 Å². The molecule has 1 atom stereocenters. The average Bonchev–Trinajstić information content (AvgIpc) is 2.86. The number of amides is 2. The van der Waals surface area contributed by atoms with Crippen molar-refractivity contribution in [2.24, 2.45) is 5.92 Å². The molecule has 118 valence electrons. The Kier molecular flexibility index (Phi) is 4.98. The molecule has 0 spiro atoms. The number of aromatic nitrogens is 2. The lowest BCUT2D eigenvalue weighted by Gasteiger charge is -2.20. The molecule has 2 aromatic rings. The molecule has 0 aliphatic heterocycles. The monoisotopic (exact) mass is 304 g/mol. The van der Waals surface area contributed by atoms with Gasteiger partial charge in [-0.15, -0.1) is 0 Å². The molecule has 0 saturated carbocycles. The van der Waals surface area contributed by atoms with E-state index in [0.29, 0.717) is 5.95 Å². The standard InChI is InChI=1S/C15H20N4O3/c1-4-22-15(21)18-12(9(2)3)13(20)19-14-16-10-7-5-6-8-11(10)17-14/h5-9,12H,4H2,1-3H3,(H,18,21)(H2,16,17,19,20). The van der Waals surface area contributed by atoms with Crippen molar-refractivity contribution in [3.63, 3.8) is 0 Å². The van der Waals surface area contributed by atoms with E-state index in [2.05, 4.69) is 20.6 Å². The number of carbonyl (C=O) groups is 2. The van der Waals surface area contributed by atoms with Gasteiger partial charge in [-0.2, -0.15) is 0 Å². The number of fused-ring (bicyclic) bond motifs is 1. The first-order valence-corrected chi connectivity index (χ1v) is 7.20. The zero-order chi connectivity index (χ0) is 16.1. The predicted octanol–water partition coefficient (Wildman–Crippen LogP) is 2.27. The van der Waals surface area contributed by atoms with Crippen LogP contribution in [0.2, 0.25) is 0 Å². The molecule has 7 heteroatoms. The highest BCUT2D eigenvalue weighted by Crippen LogP contribution is 2.14. The fraction of sp³-hybridized carbons (Fsp3) is 0.400. The summed E-state index contributed by atoms with van der Waals surface area (Å²) in [5.41, 5.74) is 1.59. The normalized spacial score (nSPS) is 12.2. The van der Waals surface area contributed by atoms with Crippen LogP contribution >= 0.6 is 0 Å². The summed E-state index contributed by atoms with van der Waals surface area (Å²) in [6.07, 6.45) is -0.610. The van der Waals surface area contributed by atoms with Crippen LogP contribution in [0.15, 0.2) is 24.3 Å².